The zero-order valence-electron chi connectivity index (χ0n) is 13.7. The first kappa shape index (κ1) is 16.9. The molecule has 1 aromatic carbocycles. The molecule has 2 heterocycles. The molecule has 0 saturated heterocycles. The molecular formula is C18H18N4O2S. The van der Waals surface area contributed by atoms with Gasteiger partial charge in [-0.05, 0) is 24.6 Å². The average Bonchev–Trinajstić information content (AvgIpc) is 3.23. The monoisotopic (exact) mass is 354 g/mol. The van der Waals surface area contributed by atoms with Crippen LogP contribution in [0.4, 0.5) is 5.82 Å². The lowest BCUT2D eigenvalue weighted by molar-refractivity contribution is -0.123. The molecule has 0 fully saturated rings. The van der Waals surface area contributed by atoms with E-state index in [0.717, 1.165) is 16.1 Å². The Kier molecular flexibility index (Phi) is 5.25. The number of amides is 2. The van der Waals surface area contributed by atoms with Crippen LogP contribution >= 0.6 is 11.3 Å². The zero-order valence-corrected chi connectivity index (χ0v) is 14.5. The summed E-state index contributed by atoms with van der Waals surface area (Å²) in [5.41, 5.74) is 1.75. The number of aromatic nitrogens is 2. The van der Waals surface area contributed by atoms with Gasteiger partial charge in [-0.1, -0.05) is 30.3 Å². The lowest BCUT2D eigenvalue weighted by Crippen LogP contribution is -2.33. The largest absolute Gasteiger partial charge is 0.347 e. The Morgan fingerprint density at radius 3 is 2.64 bits per heavy atom. The van der Waals surface area contributed by atoms with Crippen LogP contribution in [-0.2, 0) is 16.0 Å². The van der Waals surface area contributed by atoms with Crippen LogP contribution in [0.15, 0.2) is 48.5 Å². The van der Waals surface area contributed by atoms with Crippen molar-refractivity contribution in [3.05, 3.63) is 59.0 Å². The molecule has 2 aromatic heterocycles. The summed E-state index contributed by atoms with van der Waals surface area (Å²) < 4.78 is 0. The Morgan fingerprint density at radius 2 is 1.92 bits per heavy atom. The summed E-state index contributed by atoms with van der Waals surface area (Å²) in [6.07, 6.45) is 0.248. The number of hydrogen-bond acceptors (Lipinski definition) is 4. The molecule has 0 unspecified atom stereocenters. The van der Waals surface area contributed by atoms with E-state index in [1.165, 1.54) is 4.88 Å². The zero-order chi connectivity index (χ0) is 17.6. The molecule has 0 radical (unpaired) electrons. The van der Waals surface area contributed by atoms with Crippen molar-refractivity contribution in [2.75, 3.05) is 11.9 Å². The fraction of sp³-hybridized carbons (Fsp3) is 0.167. The third-order valence-corrected chi connectivity index (χ3v) is 4.54. The normalized spacial score (nSPS) is 10.4. The highest BCUT2D eigenvalue weighted by molar-refractivity contribution is 7.15. The quantitative estimate of drug-likeness (QED) is 0.636. The molecule has 0 saturated carbocycles. The molecule has 0 spiro atoms. The lowest BCUT2D eigenvalue weighted by Gasteiger charge is -2.05. The van der Waals surface area contributed by atoms with E-state index in [-0.39, 0.29) is 24.8 Å². The van der Waals surface area contributed by atoms with E-state index < -0.39 is 0 Å². The van der Waals surface area contributed by atoms with Gasteiger partial charge in [-0.2, -0.15) is 5.10 Å². The number of aromatic amines is 1. The number of benzene rings is 1. The van der Waals surface area contributed by atoms with Gasteiger partial charge >= 0.3 is 0 Å². The van der Waals surface area contributed by atoms with Gasteiger partial charge in [0.05, 0.1) is 23.5 Å². The summed E-state index contributed by atoms with van der Waals surface area (Å²) in [4.78, 5) is 26.1. The second kappa shape index (κ2) is 7.76. The van der Waals surface area contributed by atoms with Crippen molar-refractivity contribution >= 4 is 29.0 Å². The van der Waals surface area contributed by atoms with E-state index >= 15 is 0 Å². The minimum atomic E-state index is -0.318. The Balaban J connectivity index is 1.48. The van der Waals surface area contributed by atoms with E-state index in [1.54, 1.807) is 17.4 Å². The number of aryl methyl sites for hydroxylation is 1. The molecule has 0 bridgehead atoms. The summed E-state index contributed by atoms with van der Waals surface area (Å²) in [5, 5.41) is 12.2. The third kappa shape index (κ3) is 4.77. The molecule has 2 amide bonds. The maximum atomic E-state index is 11.9. The standard InChI is InChI=1S/C18H18N4O2S/c1-12-7-8-15(25-12)14-10-16(22-21-14)20-18(24)11-19-17(23)9-13-5-3-2-4-6-13/h2-8,10H,9,11H2,1H3,(H,19,23)(H2,20,21,22,24). The average molecular weight is 354 g/mol. The van der Waals surface area contributed by atoms with E-state index in [2.05, 4.69) is 20.8 Å². The number of thiophene rings is 1. The van der Waals surface area contributed by atoms with Crippen LogP contribution in [0.2, 0.25) is 0 Å². The van der Waals surface area contributed by atoms with Gasteiger partial charge in [0, 0.05) is 10.9 Å². The van der Waals surface area contributed by atoms with Crippen LogP contribution < -0.4 is 10.6 Å². The lowest BCUT2D eigenvalue weighted by atomic mass is 10.1. The summed E-state index contributed by atoms with van der Waals surface area (Å²) in [6, 6.07) is 15.2. The van der Waals surface area contributed by atoms with Crippen LogP contribution in [0.5, 0.6) is 0 Å². The molecule has 0 aliphatic carbocycles. The highest BCUT2D eigenvalue weighted by Gasteiger charge is 2.10. The Labute approximate surface area is 149 Å². The Hall–Kier alpha value is -2.93. The highest BCUT2D eigenvalue weighted by Crippen LogP contribution is 2.27. The van der Waals surface area contributed by atoms with Crippen molar-refractivity contribution in [1.82, 2.24) is 15.5 Å². The van der Waals surface area contributed by atoms with Gasteiger partial charge in [0.15, 0.2) is 5.82 Å². The van der Waals surface area contributed by atoms with Crippen LogP contribution in [-0.4, -0.2) is 28.6 Å². The van der Waals surface area contributed by atoms with Gasteiger partial charge in [-0.3, -0.25) is 14.7 Å². The molecule has 3 rings (SSSR count). The summed E-state index contributed by atoms with van der Waals surface area (Å²) in [6.45, 7) is 1.94. The van der Waals surface area contributed by atoms with Crippen molar-refractivity contribution in [3.63, 3.8) is 0 Å². The predicted octanol–water partition coefficient (Wildman–Crippen LogP) is 2.74. The van der Waals surface area contributed by atoms with Crippen molar-refractivity contribution < 1.29 is 9.59 Å². The maximum Gasteiger partial charge on any atom is 0.244 e. The van der Waals surface area contributed by atoms with E-state index in [1.807, 2.05) is 49.4 Å². The number of carbonyl (C=O) groups excluding carboxylic acids is 2. The first-order chi connectivity index (χ1) is 12.1. The van der Waals surface area contributed by atoms with Gasteiger partial charge in [-0.25, -0.2) is 0 Å². The molecule has 25 heavy (non-hydrogen) atoms. The number of nitrogens with zero attached hydrogens (tertiary/aromatic N) is 1. The Bertz CT molecular complexity index is 870. The van der Waals surface area contributed by atoms with Crippen LogP contribution in [0.3, 0.4) is 0 Å². The molecule has 0 atom stereocenters. The molecule has 0 aliphatic rings. The SMILES string of the molecule is Cc1ccc(-c2cc(NC(=O)CNC(=O)Cc3ccccc3)n[nH]2)s1. The van der Waals surface area contributed by atoms with Crippen molar-refractivity contribution in [2.24, 2.45) is 0 Å². The highest BCUT2D eigenvalue weighted by atomic mass is 32.1. The minimum Gasteiger partial charge on any atom is -0.347 e. The first-order valence-corrected chi connectivity index (χ1v) is 8.64. The third-order valence-electron chi connectivity index (χ3n) is 3.50. The molecule has 0 aliphatic heterocycles. The van der Waals surface area contributed by atoms with Crippen LogP contribution in [0.1, 0.15) is 10.4 Å². The maximum absolute atomic E-state index is 11.9. The summed E-state index contributed by atoms with van der Waals surface area (Å²) in [7, 11) is 0. The first-order valence-electron chi connectivity index (χ1n) is 7.83. The number of rotatable bonds is 6. The number of nitrogens with one attached hydrogen (secondary N) is 3. The molecule has 128 valence electrons. The molecule has 7 heteroatoms. The van der Waals surface area contributed by atoms with E-state index in [9.17, 15) is 9.59 Å². The topological polar surface area (TPSA) is 86.9 Å². The summed E-state index contributed by atoms with van der Waals surface area (Å²) in [5.74, 6) is -0.0803. The molecule has 3 N–H and O–H groups in total. The second-order valence-electron chi connectivity index (χ2n) is 5.56. The smallest absolute Gasteiger partial charge is 0.244 e. The molecule has 3 aromatic rings. The van der Waals surface area contributed by atoms with Crippen LogP contribution in [0.25, 0.3) is 10.6 Å². The summed E-state index contributed by atoms with van der Waals surface area (Å²) >= 11 is 1.65. The van der Waals surface area contributed by atoms with Gasteiger partial charge < -0.3 is 10.6 Å². The number of hydrogen-bond donors (Lipinski definition) is 3. The van der Waals surface area contributed by atoms with Gasteiger partial charge in [0.1, 0.15) is 0 Å². The molecular weight excluding hydrogens is 336 g/mol. The fourth-order valence-electron chi connectivity index (χ4n) is 2.30. The van der Waals surface area contributed by atoms with Crippen LogP contribution in [0, 0.1) is 6.92 Å². The number of carbonyl (C=O) groups is 2. The van der Waals surface area contributed by atoms with E-state index in [4.69, 9.17) is 0 Å². The van der Waals surface area contributed by atoms with Crippen molar-refractivity contribution in [2.45, 2.75) is 13.3 Å². The van der Waals surface area contributed by atoms with Gasteiger partial charge in [-0.15, -0.1) is 11.3 Å². The minimum absolute atomic E-state index is 0.0913. The second-order valence-corrected chi connectivity index (χ2v) is 6.85. The van der Waals surface area contributed by atoms with Crippen molar-refractivity contribution in [1.29, 1.82) is 0 Å². The molecule has 6 nitrogen and oxygen atoms in total. The van der Waals surface area contributed by atoms with Crippen molar-refractivity contribution in [3.8, 4) is 10.6 Å². The van der Waals surface area contributed by atoms with Gasteiger partial charge in [0.25, 0.3) is 0 Å². The van der Waals surface area contributed by atoms with Gasteiger partial charge in [0.2, 0.25) is 11.8 Å². The van der Waals surface area contributed by atoms with E-state index in [0.29, 0.717) is 5.82 Å². The number of H-pyrrole nitrogens is 1. The fourth-order valence-corrected chi connectivity index (χ4v) is 3.13. The predicted molar refractivity (Wildman–Crippen MR) is 98.4 cm³/mol. The number of anilines is 1. The Morgan fingerprint density at radius 1 is 1.12 bits per heavy atom.